The Morgan fingerprint density at radius 2 is 1.95 bits per heavy atom. The predicted octanol–water partition coefficient (Wildman–Crippen LogP) is 3.46. The maximum absolute atomic E-state index is 13.1. The summed E-state index contributed by atoms with van der Waals surface area (Å²) in [5, 5.41) is 9.08. The maximum atomic E-state index is 13.1. The molecule has 21 heavy (non-hydrogen) atoms. The number of benzene rings is 1. The Kier molecular flexibility index (Phi) is 3.76. The van der Waals surface area contributed by atoms with Gasteiger partial charge in [0.15, 0.2) is 5.69 Å². The molecular formula is C14H13F3N2O2. The molecular weight excluding hydrogens is 285 g/mol. The van der Waals surface area contributed by atoms with Crippen molar-refractivity contribution < 1.29 is 23.1 Å². The number of imidazole rings is 1. The van der Waals surface area contributed by atoms with E-state index in [2.05, 4.69) is 4.98 Å². The molecule has 0 unspecified atom stereocenters. The van der Waals surface area contributed by atoms with Crippen LogP contribution in [0.2, 0.25) is 0 Å². The summed E-state index contributed by atoms with van der Waals surface area (Å²) >= 11 is 0. The Labute approximate surface area is 118 Å². The second-order valence-electron chi connectivity index (χ2n) is 4.47. The van der Waals surface area contributed by atoms with Gasteiger partial charge >= 0.3 is 12.1 Å². The first-order valence-corrected chi connectivity index (χ1v) is 6.25. The topological polar surface area (TPSA) is 55.1 Å². The second kappa shape index (κ2) is 5.23. The van der Waals surface area contributed by atoms with E-state index in [1.165, 1.54) is 29.7 Å². The van der Waals surface area contributed by atoms with Crippen molar-refractivity contribution in [2.45, 2.75) is 26.4 Å². The number of halogens is 3. The first-order valence-electron chi connectivity index (χ1n) is 6.25. The smallest absolute Gasteiger partial charge is 0.418 e. The minimum absolute atomic E-state index is 0.112. The van der Waals surface area contributed by atoms with Crippen molar-refractivity contribution >= 4 is 5.97 Å². The molecule has 1 aromatic heterocycles. The average Bonchev–Trinajstić information content (AvgIpc) is 2.74. The molecule has 0 fully saturated rings. The minimum atomic E-state index is -4.53. The number of alkyl halides is 3. The molecule has 1 heterocycles. The van der Waals surface area contributed by atoms with Gasteiger partial charge in [-0.05, 0) is 19.1 Å². The molecule has 0 radical (unpaired) electrons. The highest BCUT2D eigenvalue weighted by atomic mass is 19.4. The first kappa shape index (κ1) is 15.1. The highest BCUT2D eigenvalue weighted by Gasteiger charge is 2.34. The molecule has 0 saturated heterocycles. The van der Waals surface area contributed by atoms with Crippen LogP contribution < -0.4 is 0 Å². The van der Waals surface area contributed by atoms with Crippen LogP contribution in [0, 0.1) is 6.92 Å². The van der Waals surface area contributed by atoms with Crippen LogP contribution >= 0.6 is 0 Å². The van der Waals surface area contributed by atoms with Gasteiger partial charge in [0.05, 0.1) is 16.9 Å². The predicted molar refractivity (Wildman–Crippen MR) is 69.6 cm³/mol. The van der Waals surface area contributed by atoms with Crippen LogP contribution in [0.25, 0.3) is 5.69 Å². The molecule has 0 aliphatic carbocycles. The summed E-state index contributed by atoms with van der Waals surface area (Å²) in [5.74, 6) is -0.980. The van der Waals surface area contributed by atoms with Crippen LogP contribution in [-0.4, -0.2) is 20.6 Å². The van der Waals surface area contributed by atoms with Gasteiger partial charge in [-0.1, -0.05) is 19.1 Å². The van der Waals surface area contributed by atoms with Gasteiger partial charge in [-0.25, -0.2) is 9.78 Å². The number of para-hydroxylation sites is 1. The summed E-state index contributed by atoms with van der Waals surface area (Å²) in [7, 11) is 0. The third kappa shape index (κ3) is 2.63. The zero-order valence-electron chi connectivity index (χ0n) is 11.4. The minimum Gasteiger partial charge on any atom is -0.476 e. The lowest BCUT2D eigenvalue weighted by Gasteiger charge is -2.16. The van der Waals surface area contributed by atoms with Crippen molar-refractivity contribution in [3.8, 4) is 5.69 Å². The molecule has 0 saturated carbocycles. The largest absolute Gasteiger partial charge is 0.476 e. The summed E-state index contributed by atoms with van der Waals surface area (Å²) in [4.78, 5) is 15.0. The molecule has 112 valence electrons. The second-order valence-corrected chi connectivity index (χ2v) is 4.47. The lowest BCUT2D eigenvalue weighted by atomic mass is 10.1. The van der Waals surface area contributed by atoms with Crippen LogP contribution in [0.3, 0.4) is 0 Å². The highest BCUT2D eigenvalue weighted by Crippen LogP contribution is 2.35. The van der Waals surface area contributed by atoms with Crippen LogP contribution in [0.5, 0.6) is 0 Å². The number of aromatic nitrogens is 2. The Morgan fingerprint density at radius 1 is 1.33 bits per heavy atom. The standard InChI is InChI=1S/C14H13F3N2O2/c1-3-11-18-12(13(20)21)8(2)19(11)10-7-5-4-6-9(10)14(15,16)17/h4-7H,3H2,1-2H3,(H,20,21). The van der Waals surface area contributed by atoms with E-state index in [-0.39, 0.29) is 22.9 Å². The Bertz CT molecular complexity index is 690. The number of hydrogen-bond acceptors (Lipinski definition) is 2. The van der Waals surface area contributed by atoms with Gasteiger partial charge in [0.2, 0.25) is 0 Å². The molecule has 4 nitrogen and oxygen atoms in total. The van der Waals surface area contributed by atoms with E-state index >= 15 is 0 Å². The monoisotopic (exact) mass is 298 g/mol. The number of rotatable bonds is 3. The van der Waals surface area contributed by atoms with E-state index in [4.69, 9.17) is 5.11 Å². The number of hydrogen-bond donors (Lipinski definition) is 1. The molecule has 0 aliphatic heterocycles. The summed E-state index contributed by atoms with van der Waals surface area (Å²) in [6.07, 6.45) is -4.21. The number of nitrogens with zero attached hydrogens (tertiary/aromatic N) is 2. The zero-order chi connectivity index (χ0) is 15.8. The molecule has 2 aromatic rings. The number of carboxylic acids is 1. The molecule has 1 N–H and O–H groups in total. The van der Waals surface area contributed by atoms with Crippen LogP contribution in [-0.2, 0) is 12.6 Å². The van der Waals surface area contributed by atoms with Gasteiger partial charge in [-0.15, -0.1) is 0 Å². The highest BCUT2D eigenvalue weighted by molar-refractivity contribution is 5.87. The molecule has 0 amide bonds. The van der Waals surface area contributed by atoms with Crippen molar-refractivity contribution in [1.29, 1.82) is 0 Å². The van der Waals surface area contributed by atoms with Gasteiger partial charge in [-0.2, -0.15) is 13.2 Å². The first-order chi connectivity index (χ1) is 9.77. The van der Waals surface area contributed by atoms with Gasteiger partial charge in [0, 0.05) is 6.42 Å². The van der Waals surface area contributed by atoms with Crippen molar-refractivity contribution in [1.82, 2.24) is 9.55 Å². The fourth-order valence-electron chi connectivity index (χ4n) is 2.23. The van der Waals surface area contributed by atoms with E-state index in [0.717, 1.165) is 6.07 Å². The Balaban J connectivity index is 2.76. The van der Waals surface area contributed by atoms with Crippen LogP contribution in [0.15, 0.2) is 24.3 Å². The van der Waals surface area contributed by atoms with E-state index in [0.29, 0.717) is 6.42 Å². The molecule has 1 aromatic carbocycles. The van der Waals surface area contributed by atoms with Crippen LogP contribution in [0.1, 0.15) is 34.5 Å². The van der Waals surface area contributed by atoms with E-state index in [1.807, 2.05) is 0 Å². The number of aryl methyl sites for hydroxylation is 1. The van der Waals surface area contributed by atoms with Gasteiger partial charge < -0.3 is 5.11 Å². The molecule has 7 heteroatoms. The average molecular weight is 298 g/mol. The molecule has 0 aliphatic rings. The quantitative estimate of drug-likeness (QED) is 0.944. The fourth-order valence-corrected chi connectivity index (χ4v) is 2.23. The van der Waals surface area contributed by atoms with E-state index in [9.17, 15) is 18.0 Å². The van der Waals surface area contributed by atoms with Crippen molar-refractivity contribution in [2.24, 2.45) is 0 Å². The molecule has 2 rings (SSSR count). The Hall–Kier alpha value is -2.31. The summed E-state index contributed by atoms with van der Waals surface area (Å²) in [6, 6.07) is 5.04. The summed E-state index contributed by atoms with van der Waals surface area (Å²) in [5.41, 5.74) is -0.989. The molecule has 0 atom stereocenters. The normalized spacial score (nSPS) is 11.7. The summed E-state index contributed by atoms with van der Waals surface area (Å²) < 4.78 is 40.6. The van der Waals surface area contributed by atoms with Crippen molar-refractivity contribution in [2.75, 3.05) is 0 Å². The maximum Gasteiger partial charge on any atom is 0.418 e. The van der Waals surface area contributed by atoms with Crippen LogP contribution in [0.4, 0.5) is 13.2 Å². The Morgan fingerprint density at radius 3 is 2.48 bits per heavy atom. The van der Waals surface area contributed by atoms with Gasteiger partial charge in [0.25, 0.3) is 0 Å². The molecule has 0 spiro atoms. The lowest BCUT2D eigenvalue weighted by molar-refractivity contribution is -0.137. The third-order valence-corrected chi connectivity index (χ3v) is 3.15. The summed E-state index contributed by atoms with van der Waals surface area (Å²) in [6.45, 7) is 3.16. The zero-order valence-corrected chi connectivity index (χ0v) is 11.4. The number of aromatic carboxylic acids is 1. The lowest BCUT2D eigenvalue weighted by Crippen LogP contribution is -2.13. The van der Waals surface area contributed by atoms with Crippen molar-refractivity contribution in [3.63, 3.8) is 0 Å². The van der Waals surface area contributed by atoms with Crippen molar-refractivity contribution in [3.05, 3.63) is 47.0 Å². The van der Waals surface area contributed by atoms with Gasteiger partial charge in [-0.3, -0.25) is 4.57 Å². The number of carbonyl (C=O) groups is 1. The van der Waals surface area contributed by atoms with Gasteiger partial charge in [0.1, 0.15) is 5.82 Å². The molecule has 0 bridgehead atoms. The SMILES string of the molecule is CCc1nc(C(=O)O)c(C)n1-c1ccccc1C(F)(F)F. The third-order valence-electron chi connectivity index (χ3n) is 3.15. The van der Waals surface area contributed by atoms with E-state index < -0.39 is 17.7 Å². The van der Waals surface area contributed by atoms with E-state index in [1.54, 1.807) is 6.92 Å². The number of carboxylic acid groups (broad SMARTS) is 1. The fraction of sp³-hybridized carbons (Fsp3) is 0.286.